The molecule has 0 saturated carbocycles. The van der Waals surface area contributed by atoms with Crippen LogP contribution in [0, 0.1) is 0 Å². The minimum Gasteiger partial charge on any atom is -0.326 e. The number of aromatic nitrogens is 2. The van der Waals surface area contributed by atoms with Gasteiger partial charge in [-0.1, -0.05) is 16.6 Å². The van der Waals surface area contributed by atoms with Crippen LogP contribution in [-0.2, 0) is 14.8 Å². The van der Waals surface area contributed by atoms with Crippen LogP contribution >= 0.6 is 11.5 Å². The van der Waals surface area contributed by atoms with Gasteiger partial charge in [0.25, 0.3) is 5.91 Å². The topological polar surface area (TPSA) is 130 Å². The third-order valence-electron chi connectivity index (χ3n) is 3.68. The van der Waals surface area contributed by atoms with Gasteiger partial charge in [0.2, 0.25) is 15.9 Å². The lowest BCUT2D eigenvalue weighted by Crippen LogP contribution is -2.18. The van der Waals surface area contributed by atoms with Crippen LogP contribution in [0.15, 0.2) is 47.8 Å². The molecule has 0 saturated heterocycles. The Hall–Kier alpha value is -3.31. The van der Waals surface area contributed by atoms with Gasteiger partial charge in [0, 0.05) is 29.2 Å². The third kappa shape index (κ3) is 5.59. The van der Waals surface area contributed by atoms with Crippen molar-refractivity contribution in [3.05, 3.63) is 53.4 Å². The number of rotatable bonds is 6. The second-order valence-corrected chi connectivity index (χ2v) is 8.50. The van der Waals surface area contributed by atoms with Gasteiger partial charge < -0.3 is 10.6 Å². The van der Waals surface area contributed by atoms with Crippen LogP contribution in [0.3, 0.4) is 0 Å². The predicted octanol–water partition coefficient (Wildman–Crippen LogP) is 2.79. The van der Waals surface area contributed by atoms with Crippen LogP contribution in [0.2, 0.25) is 0 Å². The highest BCUT2D eigenvalue weighted by molar-refractivity contribution is 7.92. The fraction of sp³-hybridized carbons (Fsp3) is 0.111. The first-order valence-corrected chi connectivity index (χ1v) is 11.0. The summed E-state index contributed by atoms with van der Waals surface area (Å²) >= 11 is 1.24. The molecule has 1 aromatic heterocycles. The van der Waals surface area contributed by atoms with Gasteiger partial charge in [0.1, 0.15) is 5.69 Å². The molecule has 9 nitrogen and oxygen atoms in total. The minimum atomic E-state index is -3.60. The highest BCUT2D eigenvalue weighted by Crippen LogP contribution is 2.24. The van der Waals surface area contributed by atoms with Gasteiger partial charge in [-0.3, -0.25) is 14.3 Å². The maximum atomic E-state index is 12.8. The molecule has 0 aliphatic carbocycles. The van der Waals surface area contributed by atoms with Crippen LogP contribution in [0.5, 0.6) is 0 Å². The zero-order valence-corrected chi connectivity index (χ0v) is 17.1. The Morgan fingerprint density at radius 2 is 1.69 bits per heavy atom. The fourth-order valence-corrected chi connectivity index (χ4v) is 3.56. The molecule has 3 N–H and O–H groups in total. The molecule has 0 radical (unpaired) electrons. The number of benzene rings is 2. The number of hydrogen-bond donors (Lipinski definition) is 3. The van der Waals surface area contributed by atoms with Crippen molar-refractivity contribution >= 4 is 50.4 Å². The molecule has 0 atom stereocenters. The summed E-state index contributed by atoms with van der Waals surface area (Å²) in [5.41, 5.74) is 2.63. The molecule has 0 aliphatic heterocycles. The minimum absolute atomic E-state index is 0.0643. The Labute approximate surface area is 171 Å². The Bertz CT molecular complexity index is 1140. The predicted molar refractivity (Wildman–Crippen MR) is 113 cm³/mol. The largest absolute Gasteiger partial charge is 0.326 e. The lowest BCUT2D eigenvalue weighted by molar-refractivity contribution is -0.114. The molecule has 0 fully saturated rings. The molecule has 3 rings (SSSR count). The van der Waals surface area contributed by atoms with Gasteiger partial charge in [0.05, 0.1) is 17.5 Å². The maximum absolute atomic E-state index is 12.8. The van der Waals surface area contributed by atoms with Crippen molar-refractivity contribution < 1.29 is 18.0 Å². The van der Waals surface area contributed by atoms with E-state index in [1.165, 1.54) is 36.7 Å². The van der Waals surface area contributed by atoms with Crippen molar-refractivity contribution in [1.82, 2.24) is 9.59 Å². The highest BCUT2D eigenvalue weighted by Gasteiger charge is 2.16. The average Bonchev–Trinajstić information content (AvgIpc) is 3.16. The van der Waals surface area contributed by atoms with Crippen molar-refractivity contribution in [3.63, 3.8) is 0 Å². The standard InChI is InChI=1S/C18H17N5O4S2/c1-11(24)19-14-7-8-16(22-29(2,26)27)15(9-14)18(25)20-13-5-3-12(4-6-13)17-10-28-23-21-17/h3-10,22H,1-2H3,(H,19,24)(H,20,25). The van der Waals surface area contributed by atoms with E-state index < -0.39 is 15.9 Å². The Kier molecular flexibility index (Phi) is 5.89. The van der Waals surface area contributed by atoms with Gasteiger partial charge in [-0.05, 0) is 41.9 Å². The summed E-state index contributed by atoms with van der Waals surface area (Å²) in [5, 5.41) is 11.1. The highest BCUT2D eigenvalue weighted by atomic mass is 32.2. The lowest BCUT2D eigenvalue weighted by atomic mass is 10.1. The van der Waals surface area contributed by atoms with E-state index in [1.807, 2.05) is 5.38 Å². The van der Waals surface area contributed by atoms with Crippen molar-refractivity contribution in [3.8, 4) is 11.3 Å². The summed E-state index contributed by atoms with van der Waals surface area (Å²) in [4.78, 5) is 24.1. The number of nitrogens with zero attached hydrogens (tertiary/aromatic N) is 2. The number of anilines is 3. The summed E-state index contributed by atoms with van der Waals surface area (Å²) in [6.07, 6.45) is 0.989. The molecule has 0 aliphatic rings. The van der Waals surface area contributed by atoms with Gasteiger partial charge in [-0.2, -0.15) is 0 Å². The summed E-state index contributed by atoms with van der Waals surface area (Å²) < 4.78 is 29.4. The molecule has 0 bridgehead atoms. The molecule has 0 spiro atoms. The summed E-state index contributed by atoms with van der Waals surface area (Å²) in [6, 6.07) is 11.3. The zero-order chi connectivity index (χ0) is 21.0. The van der Waals surface area contributed by atoms with Crippen LogP contribution in [0.4, 0.5) is 17.1 Å². The van der Waals surface area contributed by atoms with Crippen LogP contribution < -0.4 is 15.4 Å². The number of amides is 2. The van der Waals surface area contributed by atoms with Gasteiger partial charge >= 0.3 is 0 Å². The third-order valence-corrected chi connectivity index (χ3v) is 4.77. The van der Waals surface area contributed by atoms with Crippen LogP contribution in [0.25, 0.3) is 11.3 Å². The monoisotopic (exact) mass is 431 g/mol. The quantitative estimate of drug-likeness (QED) is 0.550. The SMILES string of the molecule is CC(=O)Nc1ccc(NS(C)(=O)=O)c(C(=O)Nc2ccc(-c3csnn3)cc2)c1. The molecule has 29 heavy (non-hydrogen) atoms. The van der Waals surface area contributed by atoms with E-state index >= 15 is 0 Å². The van der Waals surface area contributed by atoms with E-state index in [-0.39, 0.29) is 17.2 Å². The Morgan fingerprint density at radius 3 is 2.28 bits per heavy atom. The van der Waals surface area contributed by atoms with E-state index in [9.17, 15) is 18.0 Å². The van der Waals surface area contributed by atoms with E-state index in [0.717, 1.165) is 17.5 Å². The number of sulfonamides is 1. The fourth-order valence-electron chi connectivity index (χ4n) is 2.52. The van der Waals surface area contributed by atoms with Gasteiger partial charge in [0.15, 0.2) is 0 Å². The summed E-state index contributed by atoms with van der Waals surface area (Å²) in [6.45, 7) is 1.34. The van der Waals surface area contributed by atoms with Crippen molar-refractivity contribution in [2.24, 2.45) is 0 Å². The molecule has 1 heterocycles. The molecule has 0 unspecified atom stereocenters. The normalized spacial score (nSPS) is 11.0. The number of carbonyl (C=O) groups excluding carboxylic acids is 2. The van der Waals surface area contributed by atoms with Crippen LogP contribution in [-0.4, -0.2) is 36.1 Å². The van der Waals surface area contributed by atoms with Crippen molar-refractivity contribution in [2.75, 3.05) is 21.6 Å². The first-order valence-electron chi connectivity index (χ1n) is 8.29. The Balaban J connectivity index is 1.86. The molecule has 3 aromatic rings. The van der Waals surface area contributed by atoms with E-state index in [0.29, 0.717) is 11.4 Å². The first kappa shape index (κ1) is 20.4. The molecule has 2 aromatic carbocycles. The second kappa shape index (κ2) is 8.37. The summed E-state index contributed by atoms with van der Waals surface area (Å²) in [7, 11) is -3.60. The number of hydrogen-bond acceptors (Lipinski definition) is 7. The Morgan fingerprint density at radius 1 is 1.00 bits per heavy atom. The average molecular weight is 431 g/mol. The molecular formula is C18H17N5O4S2. The molecule has 11 heteroatoms. The van der Waals surface area contributed by atoms with Crippen molar-refractivity contribution in [2.45, 2.75) is 6.92 Å². The molecule has 2 amide bonds. The van der Waals surface area contributed by atoms with E-state index in [1.54, 1.807) is 24.3 Å². The first-order chi connectivity index (χ1) is 13.7. The summed E-state index contributed by atoms with van der Waals surface area (Å²) in [5.74, 6) is -0.848. The van der Waals surface area contributed by atoms with Gasteiger partial charge in [-0.25, -0.2) is 8.42 Å². The van der Waals surface area contributed by atoms with Crippen molar-refractivity contribution in [1.29, 1.82) is 0 Å². The molecular weight excluding hydrogens is 414 g/mol. The smallest absolute Gasteiger partial charge is 0.257 e. The molecule has 150 valence electrons. The number of carbonyl (C=O) groups is 2. The zero-order valence-electron chi connectivity index (χ0n) is 15.5. The maximum Gasteiger partial charge on any atom is 0.257 e. The second-order valence-electron chi connectivity index (χ2n) is 6.14. The van der Waals surface area contributed by atoms with E-state index in [4.69, 9.17) is 0 Å². The van der Waals surface area contributed by atoms with Gasteiger partial charge in [-0.15, -0.1) is 5.10 Å². The lowest BCUT2D eigenvalue weighted by Gasteiger charge is -2.13. The van der Waals surface area contributed by atoms with E-state index in [2.05, 4.69) is 24.9 Å². The van der Waals surface area contributed by atoms with Crippen LogP contribution in [0.1, 0.15) is 17.3 Å². The number of nitrogens with one attached hydrogen (secondary N) is 3.